The zero-order valence-corrected chi connectivity index (χ0v) is 15.8. The van der Waals surface area contributed by atoms with Crippen molar-refractivity contribution in [2.45, 2.75) is 25.8 Å². The standard InChI is InChI=1S/C19H20BrN3O2/c1-12-6-15(20)9-22-18(12)16(24)8-13-4-3-5-14(7-13)19(2)11-25-10-17(21)23-19/h3-7,9H,8,10-11H2,1-2H3,(H2,21,23)/t19-/m0/s1. The maximum absolute atomic E-state index is 12.6. The SMILES string of the molecule is Cc1cc(Br)cnc1C(=O)Cc1cccc([C@]2(C)COCC(N)=N2)c1. The van der Waals surface area contributed by atoms with Crippen LogP contribution in [0.25, 0.3) is 0 Å². The van der Waals surface area contributed by atoms with Gasteiger partial charge in [0, 0.05) is 17.1 Å². The van der Waals surface area contributed by atoms with Gasteiger partial charge in [-0.2, -0.15) is 0 Å². The van der Waals surface area contributed by atoms with E-state index in [4.69, 9.17) is 10.5 Å². The van der Waals surface area contributed by atoms with Gasteiger partial charge in [0.05, 0.1) is 6.61 Å². The number of halogens is 1. The molecule has 0 radical (unpaired) electrons. The Labute approximate surface area is 155 Å². The number of benzene rings is 1. The number of aryl methyl sites for hydroxylation is 1. The van der Waals surface area contributed by atoms with Crippen LogP contribution in [0.1, 0.15) is 34.1 Å². The molecule has 2 N–H and O–H groups in total. The second-order valence-electron chi connectivity index (χ2n) is 6.49. The van der Waals surface area contributed by atoms with Gasteiger partial charge in [0.2, 0.25) is 0 Å². The Kier molecular flexibility index (Phi) is 5.01. The molecule has 1 aliphatic heterocycles. The average Bonchev–Trinajstić information content (AvgIpc) is 2.54. The van der Waals surface area contributed by atoms with Crippen LogP contribution in [0, 0.1) is 6.92 Å². The van der Waals surface area contributed by atoms with Crippen molar-refractivity contribution in [1.82, 2.24) is 4.98 Å². The normalized spacial score (nSPS) is 20.2. The van der Waals surface area contributed by atoms with Gasteiger partial charge in [0.1, 0.15) is 23.7 Å². The smallest absolute Gasteiger partial charge is 0.185 e. The number of aromatic nitrogens is 1. The number of amidine groups is 1. The second kappa shape index (κ2) is 7.06. The number of carbonyl (C=O) groups is 1. The van der Waals surface area contributed by atoms with Gasteiger partial charge in [0.25, 0.3) is 0 Å². The minimum atomic E-state index is -0.521. The van der Waals surface area contributed by atoms with Gasteiger partial charge < -0.3 is 10.5 Å². The number of carbonyl (C=O) groups excluding carboxylic acids is 1. The molecule has 1 atom stereocenters. The Morgan fingerprint density at radius 3 is 2.92 bits per heavy atom. The summed E-state index contributed by atoms with van der Waals surface area (Å²) >= 11 is 3.37. The van der Waals surface area contributed by atoms with Crippen LogP contribution < -0.4 is 5.73 Å². The Bertz CT molecular complexity index is 850. The van der Waals surface area contributed by atoms with Gasteiger partial charge in [-0.1, -0.05) is 24.3 Å². The molecule has 1 aliphatic rings. The summed E-state index contributed by atoms with van der Waals surface area (Å²) in [4.78, 5) is 21.4. The lowest BCUT2D eigenvalue weighted by molar-refractivity contribution is 0.0987. The highest BCUT2D eigenvalue weighted by atomic mass is 79.9. The van der Waals surface area contributed by atoms with Crippen LogP contribution in [0.3, 0.4) is 0 Å². The van der Waals surface area contributed by atoms with Gasteiger partial charge in [-0.15, -0.1) is 0 Å². The number of Topliss-reactive ketones (excluding diaryl/α,β-unsaturated/α-hetero) is 1. The van der Waals surface area contributed by atoms with E-state index in [-0.39, 0.29) is 5.78 Å². The van der Waals surface area contributed by atoms with E-state index < -0.39 is 5.54 Å². The lowest BCUT2D eigenvalue weighted by Crippen LogP contribution is -2.37. The van der Waals surface area contributed by atoms with Gasteiger partial charge in [-0.25, -0.2) is 0 Å². The fraction of sp³-hybridized carbons (Fsp3) is 0.316. The van der Waals surface area contributed by atoms with Crippen molar-refractivity contribution in [2.24, 2.45) is 10.7 Å². The predicted octanol–water partition coefficient (Wildman–Crippen LogP) is 3.18. The molecular weight excluding hydrogens is 382 g/mol. The number of aliphatic imine (C=N–C) groups is 1. The number of ketones is 1. The van der Waals surface area contributed by atoms with E-state index in [0.717, 1.165) is 21.2 Å². The third kappa shape index (κ3) is 3.96. The van der Waals surface area contributed by atoms with E-state index >= 15 is 0 Å². The van der Waals surface area contributed by atoms with E-state index in [2.05, 4.69) is 25.9 Å². The fourth-order valence-electron chi connectivity index (χ4n) is 3.00. The third-order valence-corrected chi connectivity index (χ3v) is 4.68. The molecular formula is C19H20BrN3O2. The number of hydrogen-bond donors (Lipinski definition) is 1. The first kappa shape index (κ1) is 17.8. The Hall–Kier alpha value is -2.05. The lowest BCUT2D eigenvalue weighted by atomic mass is 9.90. The van der Waals surface area contributed by atoms with E-state index in [1.165, 1.54) is 0 Å². The van der Waals surface area contributed by atoms with Crippen LogP contribution in [-0.2, 0) is 16.7 Å². The number of hydrogen-bond acceptors (Lipinski definition) is 5. The molecule has 2 aromatic rings. The van der Waals surface area contributed by atoms with Crippen molar-refractivity contribution in [3.8, 4) is 0 Å². The first-order chi connectivity index (χ1) is 11.9. The molecule has 1 aromatic carbocycles. The summed E-state index contributed by atoms with van der Waals surface area (Å²) in [6, 6.07) is 9.76. The minimum absolute atomic E-state index is 0.00443. The van der Waals surface area contributed by atoms with Crippen molar-refractivity contribution in [2.75, 3.05) is 13.2 Å². The van der Waals surface area contributed by atoms with Gasteiger partial charge in [-0.05, 0) is 52.5 Å². The van der Waals surface area contributed by atoms with Crippen LogP contribution >= 0.6 is 15.9 Å². The number of ether oxygens (including phenoxy) is 1. The Morgan fingerprint density at radius 2 is 2.20 bits per heavy atom. The van der Waals surface area contributed by atoms with Crippen molar-refractivity contribution in [3.63, 3.8) is 0 Å². The highest BCUT2D eigenvalue weighted by molar-refractivity contribution is 9.10. The van der Waals surface area contributed by atoms with Crippen LogP contribution in [-0.4, -0.2) is 29.8 Å². The molecule has 0 saturated heterocycles. The summed E-state index contributed by atoms with van der Waals surface area (Å²) in [5, 5.41) is 0. The highest BCUT2D eigenvalue weighted by Crippen LogP contribution is 2.29. The Balaban J connectivity index is 1.85. The number of rotatable bonds is 4. The summed E-state index contributed by atoms with van der Waals surface area (Å²) in [7, 11) is 0. The molecule has 5 nitrogen and oxygen atoms in total. The third-order valence-electron chi connectivity index (χ3n) is 4.25. The van der Waals surface area contributed by atoms with Crippen molar-refractivity contribution < 1.29 is 9.53 Å². The largest absolute Gasteiger partial charge is 0.386 e. The summed E-state index contributed by atoms with van der Waals surface area (Å²) in [5.74, 6) is 0.486. The number of pyridine rings is 1. The maximum atomic E-state index is 12.6. The first-order valence-electron chi connectivity index (χ1n) is 8.04. The van der Waals surface area contributed by atoms with Gasteiger partial charge in [0.15, 0.2) is 5.78 Å². The van der Waals surface area contributed by atoms with E-state index in [9.17, 15) is 4.79 Å². The summed E-state index contributed by atoms with van der Waals surface area (Å²) in [6.45, 7) is 4.71. The average molecular weight is 402 g/mol. The summed E-state index contributed by atoms with van der Waals surface area (Å²) in [5.41, 5.74) is 8.58. The molecule has 2 heterocycles. The molecule has 0 saturated carbocycles. The first-order valence-corrected chi connectivity index (χ1v) is 8.83. The molecule has 0 aliphatic carbocycles. The molecule has 0 fully saturated rings. The van der Waals surface area contributed by atoms with Crippen molar-refractivity contribution in [3.05, 3.63) is 63.4 Å². The molecule has 1 aromatic heterocycles. The summed E-state index contributed by atoms with van der Waals surface area (Å²) in [6.07, 6.45) is 1.94. The van der Waals surface area contributed by atoms with E-state index in [1.807, 2.05) is 44.2 Å². The van der Waals surface area contributed by atoms with Crippen molar-refractivity contribution >= 4 is 27.5 Å². The number of nitrogens with two attached hydrogens (primary N) is 1. The monoisotopic (exact) mass is 401 g/mol. The maximum Gasteiger partial charge on any atom is 0.185 e. The predicted molar refractivity (Wildman–Crippen MR) is 101 cm³/mol. The molecule has 0 amide bonds. The lowest BCUT2D eigenvalue weighted by Gasteiger charge is -2.30. The zero-order valence-electron chi connectivity index (χ0n) is 14.3. The summed E-state index contributed by atoms with van der Waals surface area (Å²) < 4.78 is 6.40. The van der Waals surface area contributed by atoms with Crippen LogP contribution in [0.4, 0.5) is 0 Å². The fourth-order valence-corrected chi connectivity index (χ4v) is 3.45. The van der Waals surface area contributed by atoms with Crippen LogP contribution in [0.15, 0.2) is 46.0 Å². The van der Waals surface area contributed by atoms with Crippen molar-refractivity contribution in [1.29, 1.82) is 0 Å². The molecule has 130 valence electrons. The molecule has 3 rings (SSSR count). The second-order valence-corrected chi connectivity index (χ2v) is 7.40. The minimum Gasteiger partial charge on any atom is -0.386 e. The molecule has 0 unspecified atom stereocenters. The molecule has 0 spiro atoms. The highest BCUT2D eigenvalue weighted by Gasteiger charge is 2.30. The van der Waals surface area contributed by atoms with Gasteiger partial charge >= 0.3 is 0 Å². The zero-order chi connectivity index (χ0) is 18.0. The van der Waals surface area contributed by atoms with Crippen LogP contribution in [0.5, 0.6) is 0 Å². The van der Waals surface area contributed by atoms with Crippen LogP contribution in [0.2, 0.25) is 0 Å². The Morgan fingerprint density at radius 1 is 1.40 bits per heavy atom. The molecule has 6 heteroatoms. The van der Waals surface area contributed by atoms with E-state index in [1.54, 1.807) is 6.20 Å². The molecule has 0 bridgehead atoms. The van der Waals surface area contributed by atoms with E-state index in [0.29, 0.717) is 31.2 Å². The van der Waals surface area contributed by atoms with Gasteiger partial charge in [-0.3, -0.25) is 14.8 Å². The molecule has 25 heavy (non-hydrogen) atoms. The number of nitrogens with zero attached hydrogens (tertiary/aromatic N) is 2. The topological polar surface area (TPSA) is 77.6 Å². The quantitative estimate of drug-likeness (QED) is 0.797.